The molecule has 1 aromatic heterocycles. The third kappa shape index (κ3) is 5.38. The lowest BCUT2D eigenvalue weighted by Gasteiger charge is -2.42. The number of amides is 1. The number of nitrogens with zero attached hydrogens (tertiary/aromatic N) is 2. The predicted molar refractivity (Wildman–Crippen MR) is 156 cm³/mol. The highest BCUT2D eigenvalue weighted by Crippen LogP contribution is 2.45. The molecule has 3 heterocycles. The highest BCUT2D eigenvalue weighted by molar-refractivity contribution is 6.17. The Labute approximate surface area is 235 Å². The van der Waals surface area contributed by atoms with Crippen molar-refractivity contribution in [1.29, 1.82) is 0 Å². The predicted octanol–water partition coefficient (Wildman–Crippen LogP) is 5.15. The Morgan fingerprint density at radius 3 is 2.48 bits per heavy atom. The summed E-state index contributed by atoms with van der Waals surface area (Å²) in [4.78, 5) is 33.9. The summed E-state index contributed by atoms with van der Waals surface area (Å²) in [7, 11) is 0. The molecular formula is C32H39N3O5. The molecule has 0 spiro atoms. The van der Waals surface area contributed by atoms with Gasteiger partial charge in [-0.3, -0.25) is 9.69 Å². The van der Waals surface area contributed by atoms with Gasteiger partial charge < -0.3 is 24.5 Å². The van der Waals surface area contributed by atoms with Gasteiger partial charge in [-0.15, -0.1) is 0 Å². The number of carboxylic acids is 1. The van der Waals surface area contributed by atoms with Gasteiger partial charge >= 0.3 is 5.97 Å². The number of aliphatic carboxylic acids is 1. The molecule has 8 nitrogen and oxygen atoms in total. The van der Waals surface area contributed by atoms with Crippen molar-refractivity contribution in [3.05, 3.63) is 71.6 Å². The van der Waals surface area contributed by atoms with Crippen LogP contribution in [-0.2, 0) is 14.9 Å². The fraction of sp³-hybridized carbons (Fsp3) is 0.438. The number of rotatable bonds is 8. The van der Waals surface area contributed by atoms with Crippen molar-refractivity contribution in [1.82, 2.24) is 14.8 Å². The summed E-state index contributed by atoms with van der Waals surface area (Å²) in [5, 5.41) is 11.2. The standard InChI is InChI=1S/C32H39N3O5/c1-21(2)29-32(3,4)27-24-8-5-6-9-26(24)33-28(27)25(31(37)38)20-35(29)30(36)22-10-12-23(13-11-22)40-17-7-14-34-15-18-39-19-16-34/h5-6,8-13,20-21,29,33H,7,14-19H2,1-4H3,(H,37,38). The minimum Gasteiger partial charge on any atom is -0.494 e. The van der Waals surface area contributed by atoms with Crippen LogP contribution in [0, 0.1) is 5.92 Å². The molecule has 0 saturated carbocycles. The third-order valence-electron chi connectivity index (χ3n) is 8.12. The molecule has 0 aliphatic carbocycles. The van der Waals surface area contributed by atoms with Crippen molar-refractivity contribution in [2.24, 2.45) is 5.92 Å². The van der Waals surface area contributed by atoms with Crippen molar-refractivity contribution in [2.45, 2.75) is 45.6 Å². The summed E-state index contributed by atoms with van der Waals surface area (Å²) in [6.07, 6.45) is 2.44. The van der Waals surface area contributed by atoms with E-state index in [0.717, 1.165) is 55.7 Å². The molecule has 8 heteroatoms. The number of aromatic nitrogens is 1. The van der Waals surface area contributed by atoms with Crippen molar-refractivity contribution >= 4 is 28.4 Å². The molecule has 2 aliphatic rings. The SMILES string of the molecule is CC(C)C1N(C(=O)c2ccc(OCCCN3CCOCC3)cc2)C=C(C(=O)O)c2[nH]c3ccccc3c2C1(C)C. The van der Waals surface area contributed by atoms with E-state index in [9.17, 15) is 14.7 Å². The quantitative estimate of drug-likeness (QED) is 0.380. The second-order valence-corrected chi connectivity index (χ2v) is 11.6. The zero-order valence-electron chi connectivity index (χ0n) is 23.8. The molecule has 5 rings (SSSR count). The lowest BCUT2D eigenvalue weighted by Crippen LogP contribution is -2.50. The molecule has 2 N–H and O–H groups in total. The van der Waals surface area contributed by atoms with E-state index in [-0.39, 0.29) is 23.4 Å². The molecule has 1 atom stereocenters. The van der Waals surface area contributed by atoms with Gasteiger partial charge in [-0.2, -0.15) is 0 Å². The first-order chi connectivity index (χ1) is 19.2. The molecule has 1 saturated heterocycles. The zero-order valence-corrected chi connectivity index (χ0v) is 23.8. The number of carbonyl (C=O) groups is 2. The monoisotopic (exact) mass is 545 g/mol. The lowest BCUT2D eigenvalue weighted by atomic mass is 9.71. The molecule has 212 valence electrons. The number of nitrogens with one attached hydrogen (secondary N) is 1. The fourth-order valence-electron chi connectivity index (χ4n) is 6.44. The van der Waals surface area contributed by atoms with E-state index in [2.05, 4.69) is 37.6 Å². The van der Waals surface area contributed by atoms with Gasteiger partial charge in [0.2, 0.25) is 0 Å². The number of fused-ring (bicyclic) bond motifs is 3. The van der Waals surface area contributed by atoms with Gasteiger partial charge in [0.25, 0.3) is 5.91 Å². The van der Waals surface area contributed by atoms with E-state index in [0.29, 0.717) is 23.6 Å². The van der Waals surface area contributed by atoms with E-state index in [1.54, 1.807) is 17.0 Å². The maximum absolute atomic E-state index is 14.0. The fourth-order valence-corrected chi connectivity index (χ4v) is 6.44. The Morgan fingerprint density at radius 1 is 1.10 bits per heavy atom. The zero-order chi connectivity index (χ0) is 28.4. The molecule has 0 bridgehead atoms. The summed E-state index contributed by atoms with van der Waals surface area (Å²) in [6, 6.07) is 14.7. The number of morpholine rings is 1. The second kappa shape index (κ2) is 11.5. The van der Waals surface area contributed by atoms with Crippen molar-refractivity contribution < 1.29 is 24.2 Å². The Bertz CT molecular complexity index is 1400. The van der Waals surface area contributed by atoms with Crippen LogP contribution in [0.3, 0.4) is 0 Å². The number of aromatic amines is 1. The number of hydrogen-bond acceptors (Lipinski definition) is 5. The number of para-hydroxylation sites is 1. The van der Waals surface area contributed by atoms with Crippen LogP contribution in [-0.4, -0.2) is 77.3 Å². The van der Waals surface area contributed by atoms with Gasteiger partial charge in [0.05, 0.1) is 31.1 Å². The third-order valence-corrected chi connectivity index (χ3v) is 8.12. The largest absolute Gasteiger partial charge is 0.494 e. The van der Waals surface area contributed by atoms with Gasteiger partial charge in [-0.25, -0.2) is 4.79 Å². The lowest BCUT2D eigenvalue weighted by molar-refractivity contribution is -0.130. The summed E-state index contributed by atoms with van der Waals surface area (Å²) in [6.45, 7) is 13.4. The number of carboxylic acid groups (broad SMARTS) is 1. The van der Waals surface area contributed by atoms with Crippen molar-refractivity contribution in [3.63, 3.8) is 0 Å². The first kappa shape index (κ1) is 27.9. The van der Waals surface area contributed by atoms with E-state index in [1.807, 2.05) is 36.4 Å². The number of ether oxygens (including phenoxy) is 2. The molecule has 2 aromatic carbocycles. The highest BCUT2D eigenvalue weighted by atomic mass is 16.5. The topological polar surface area (TPSA) is 95.1 Å². The number of H-pyrrole nitrogens is 1. The molecular weight excluding hydrogens is 506 g/mol. The molecule has 40 heavy (non-hydrogen) atoms. The van der Waals surface area contributed by atoms with E-state index in [1.165, 1.54) is 6.20 Å². The first-order valence-corrected chi connectivity index (χ1v) is 14.1. The van der Waals surface area contributed by atoms with Crippen molar-refractivity contribution in [3.8, 4) is 5.75 Å². The summed E-state index contributed by atoms with van der Waals surface area (Å²) < 4.78 is 11.3. The maximum atomic E-state index is 14.0. The summed E-state index contributed by atoms with van der Waals surface area (Å²) >= 11 is 0. The molecule has 2 aliphatic heterocycles. The second-order valence-electron chi connectivity index (χ2n) is 11.6. The van der Waals surface area contributed by atoms with Crippen LogP contribution in [0.1, 0.15) is 55.7 Å². The Hall–Kier alpha value is -3.62. The smallest absolute Gasteiger partial charge is 0.339 e. The normalized spacial score (nSPS) is 19.3. The van der Waals surface area contributed by atoms with Crippen LogP contribution < -0.4 is 4.74 Å². The van der Waals surface area contributed by atoms with Crippen LogP contribution in [0.2, 0.25) is 0 Å². The van der Waals surface area contributed by atoms with Gasteiger partial charge in [0.1, 0.15) is 5.75 Å². The average Bonchev–Trinajstić information content (AvgIpc) is 3.29. The minimum absolute atomic E-state index is 0.0546. The summed E-state index contributed by atoms with van der Waals surface area (Å²) in [5.74, 6) is -0.553. The molecule has 0 radical (unpaired) electrons. The van der Waals surface area contributed by atoms with E-state index in [4.69, 9.17) is 9.47 Å². The Morgan fingerprint density at radius 2 is 1.80 bits per heavy atom. The van der Waals surface area contributed by atoms with Gasteiger partial charge in [0.15, 0.2) is 0 Å². The van der Waals surface area contributed by atoms with Crippen LogP contribution in [0.5, 0.6) is 5.75 Å². The van der Waals surface area contributed by atoms with E-state index >= 15 is 0 Å². The van der Waals surface area contributed by atoms with Crippen LogP contribution >= 0.6 is 0 Å². The Balaban J connectivity index is 1.40. The number of carbonyl (C=O) groups excluding carboxylic acids is 1. The summed E-state index contributed by atoms with van der Waals surface area (Å²) in [5.41, 5.74) is 2.38. The minimum atomic E-state index is -1.08. The Kier molecular flexibility index (Phi) is 8.01. The van der Waals surface area contributed by atoms with Gasteiger partial charge in [0, 0.05) is 53.8 Å². The molecule has 3 aromatic rings. The number of benzene rings is 2. The van der Waals surface area contributed by atoms with Crippen LogP contribution in [0.25, 0.3) is 16.5 Å². The van der Waals surface area contributed by atoms with Crippen LogP contribution in [0.4, 0.5) is 0 Å². The highest BCUT2D eigenvalue weighted by Gasteiger charge is 2.45. The first-order valence-electron chi connectivity index (χ1n) is 14.1. The number of hydrogen-bond donors (Lipinski definition) is 2. The van der Waals surface area contributed by atoms with Crippen LogP contribution in [0.15, 0.2) is 54.7 Å². The molecule has 1 fully saturated rings. The molecule has 1 amide bonds. The average molecular weight is 546 g/mol. The van der Waals surface area contributed by atoms with Gasteiger partial charge in [-0.1, -0.05) is 45.9 Å². The maximum Gasteiger partial charge on any atom is 0.339 e. The van der Waals surface area contributed by atoms with E-state index < -0.39 is 11.4 Å². The van der Waals surface area contributed by atoms with Crippen molar-refractivity contribution in [2.75, 3.05) is 39.5 Å². The molecule has 1 unspecified atom stereocenters. The van der Waals surface area contributed by atoms with Gasteiger partial charge in [-0.05, 0) is 48.2 Å².